The van der Waals surface area contributed by atoms with Crippen molar-refractivity contribution in [2.24, 2.45) is 16.9 Å². The first kappa shape index (κ1) is 21.9. The Morgan fingerprint density at radius 2 is 1.50 bits per heavy atom. The van der Waals surface area contributed by atoms with Gasteiger partial charge >= 0.3 is 5.97 Å². The molecule has 3 aliphatic rings. The first-order valence-electron chi connectivity index (χ1n) is 11.6. The van der Waals surface area contributed by atoms with E-state index in [4.69, 9.17) is 4.74 Å². The maximum absolute atomic E-state index is 14.0. The summed E-state index contributed by atoms with van der Waals surface area (Å²) >= 11 is 0. The number of fused-ring (bicyclic) bond motifs is 5. The molecule has 0 bridgehead atoms. The number of benzene rings is 3. The molecular weight excluding hydrogens is 458 g/mol. The number of Topliss-reactive ketones (excluding diaryl/α,β-unsaturated/α-hetero) is 1. The number of ether oxygens (including phenoxy) is 1. The molecule has 3 aromatic rings. The maximum Gasteiger partial charge on any atom is 0.339 e. The van der Waals surface area contributed by atoms with Gasteiger partial charge in [0.1, 0.15) is 6.04 Å². The fourth-order valence-corrected chi connectivity index (χ4v) is 5.63. The highest BCUT2D eigenvalue weighted by Crippen LogP contribution is 2.53. The lowest BCUT2D eigenvalue weighted by Gasteiger charge is -2.34. The highest BCUT2D eigenvalue weighted by Gasteiger charge is 2.65. The Kier molecular flexibility index (Phi) is 5.03. The molecule has 0 radical (unpaired) electrons. The van der Waals surface area contributed by atoms with Crippen LogP contribution >= 0.6 is 0 Å². The molecule has 36 heavy (non-hydrogen) atoms. The minimum absolute atomic E-state index is 0.103. The third kappa shape index (κ3) is 3.04. The number of hydrazone groups is 1. The second-order valence-corrected chi connectivity index (χ2v) is 8.95. The zero-order valence-corrected chi connectivity index (χ0v) is 19.3. The number of carbonyl (C=O) groups is 4. The van der Waals surface area contributed by atoms with Crippen LogP contribution in [0.25, 0.3) is 0 Å². The fourth-order valence-electron chi connectivity index (χ4n) is 5.63. The Balaban J connectivity index is 1.51. The van der Waals surface area contributed by atoms with E-state index in [1.54, 1.807) is 53.7 Å². The van der Waals surface area contributed by atoms with E-state index in [1.807, 2.05) is 30.3 Å². The van der Waals surface area contributed by atoms with Crippen LogP contribution in [0.5, 0.6) is 0 Å². The second-order valence-electron chi connectivity index (χ2n) is 8.95. The molecule has 3 aromatic carbocycles. The van der Waals surface area contributed by atoms with Gasteiger partial charge < -0.3 is 4.74 Å². The number of esters is 1. The number of anilines is 1. The number of ketones is 1. The van der Waals surface area contributed by atoms with Crippen molar-refractivity contribution in [3.05, 3.63) is 101 Å². The SMILES string of the molecule is COC(=O)c1ccccc1N1C(=O)[C@@H]2[C@H](C1=O)[C@H]1c3ccccc3C=NN1[C@@H]2C(=O)c1ccccc1. The van der Waals surface area contributed by atoms with Crippen molar-refractivity contribution in [2.75, 3.05) is 12.0 Å². The second kappa shape index (κ2) is 8.27. The van der Waals surface area contributed by atoms with Crippen LogP contribution in [0, 0.1) is 11.8 Å². The minimum atomic E-state index is -0.973. The van der Waals surface area contributed by atoms with Crippen LogP contribution in [0.2, 0.25) is 0 Å². The number of imide groups is 1. The van der Waals surface area contributed by atoms with E-state index in [0.29, 0.717) is 5.56 Å². The summed E-state index contributed by atoms with van der Waals surface area (Å²) < 4.78 is 4.88. The molecule has 0 saturated carbocycles. The number of hydrogen-bond acceptors (Lipinski definition) is 7. The van der Waals surface area contributed by atoms with Gasteiger partial charge in [-0.2, -0.15) is 5.10 Å². The first-order valence-corrected chi connectivity index (χ1v) is 11.6. The van der Waals surface area contributed by atoms with Gasteiger partial charge in [-0.1, -0.05) is 66.7 Å². The van der Waals surface area contributed by atoms with Crippen LogP contribution in [0.4, 0.5) is 5.69 Å². The molecule has 2 amide bonds. The van der Waals surface area contributed by atoms with Gasteiger partial charge in [-0.15, -0.1) is 0 Å². The van der Waals surface area contributed by atoms with Crippen molar-refractivity contribution in [3.63, 3.8) is 0 Å². The van der Waals surface area contributed by atoms with Gasteiger partial charge in [0.15, 0.2) is 5.78 Å². The van der Waals surface area contributed by atoms with Gasteiger partial charge in [0, 0.05) is 5.56 Å². The lowest BCUT2D eigenvalue weighted by Crippen LogP contribution is -2.45. The molecule has 0 spiro atoms. The summed E-state index contributed by atoms with van der Waals surface area (Å²) in [7, 11) is 1.24. The van der Waals surface area contributed by atoms with E-state index < -0.39 is 41.7 Å². The van der Waals surface area contributed by atoms with Crippen LogP contribution in [-0.2, 0) is 14.3 Å². The Bertz CT molecular complexity index is 1450. The normalized spacial score (nSPS) is 23.8. The van der Waals surface area contributed by atoms with Crippen molar-refractivity contribution in [1.29, 1.82) is 0 Å². The van der Waals surface area contributed by atoms with Gasteiger partial charge in [0.05, 0.1) is 42.5 Å². The van der Waals surface area contributed by atoms with E-state index in [2.05, 4.69) is 5.10 Å². The molecule has 2 saturated heterocycles. The summed E-state index contributed by atoms with van der Waals surface area (Å²) in [5, 5.41) is 6.18. The summed E-state index contributed by atoms with van der Waals surface area (Å²) in [5.41, 5.74) is 2.35. The third-order valence-corrected chi connectivity index (χ3v) is 7.17. The number of methoxy groups -OCH3 is 1. The summed E-state index contributed by atoms with van der Waals surface area (Å²) in [6.45, 7) is 0. The topological polar surface area (TPSA) is 96.3 Å². The van der Waals surface area contributed by atoms with Crippen molar-refractivity contribution < 1.29 is 23.9 Å². The molecule has 2 fully saturated rings. The molecule has 0 N–H and O–H groups in total. The molecule has 6 rings (SSSR count). The quantitative estimate of drug-likeness (QED) is 0.324. The molecule has 0 aromatic heterocycles. The lowest BCUT2D eigenvalue weighted by atomic mass is 9.83. The minimum Gasteiger partial charge on any atom is -0.465 e. The number of nitrogens with zero attached hydrogens (tertiary/aromatic N) is 3. The molecule has 0 unspecified atom stereocenters. The standard InChI is InChI=1S/C28H21N3O5/c1-36-28(35)19-13-7-8-14-20(19)30-26(33)21-22(27(30)34)24(25(32)16-9-3-2-4-10-16)31-23(21)18-12-6-5-11-17(18)15-29-31/h2-15,21-24H,1H3/t21-,22+,23+,24-/m0/s1. The number of amides is 2. The summed E-state index contributed by atoms with van der Waals surface area (Å²) in [4.78, 5) is 55.3. The van der Waals surface area contributed by atoms with Crippen LogP contribution in [0.3, 0.4) is 0 Å². The molecule has 178 valence electrons. The fraction of sp³-hybridized carbons (Fsp3) is 0.179. The predicted molar refractivity (Wildman–Crippen MR) is 130 cm³/mol. The van der Waals surface area contributed by atoms with Gasteiger partial charge in [-0.05, 0) is 23.3 Å². The zero-order valence-electron chi connectivity index (χ0n) is 19.3. The molecule has 3 aliphatic heterocycles. The number of rotatable bonds is 4. The van der Waals surface area contributed by atoms with Crippen LogP contribution in [0.1, 0.15) is 37.9 Å². The van der Waals surface area contributed by atoms with E-state index in [9.17, 15) is 19.2 Å². The third-order valence-electron chi connectivity index (χ3n) is 7.17. The van der Waals surface area contributed by atoms with Gasteiger partial charge in [-0.3, -0.25) is 19.4 Å². The average Bonchev–Trinajstić information content (AvgIpc) is 3.40. The van der Waals surface area contributed by atoms with Crippen molar-refractivity contribution in [1.82, 2.24) is 5.01 Å². The van der Waals surface area contributed by atoms with Gasteiger partial charge in [-0.25, -0.2) is 9.69 Å². The Labute approximate surface area is 206 Å². The van der Waals surface area contributed by atoms with E-state index in [0.717, 1.165) is 16.0 Å². The zero-order chi connectivity index (χ0) is 25.0. The summed E-state index contributed by atoms with van der Waals surface area (Å²) in [6.07, 6.45) is 1.66. The smallest absolute Gasteiger partial charge is 0.339 e. The Morgan fingerprint density at radius 1 is 0.833 bits per heavy atom. The molecule has 8 nitrogen and oxygen atoms in total. The predicted octanol–water partition coefficient (Wildman–Crippen LogP) is 3.23. The molecule has 4 atom stereocenters. The Hall–Kier alpha value is -4.59. The maximum atomic E-state index is 14.0. The summed E-state index contributed by atoms with van der Waals surface area (Å²) in [5.74, 6) is -3.75. The number of para-hydroxylation sites is 1. The van der Waals surface area contributed by atoms with E-state index >= 15 is 0 Å². The average molecular weight is 479 g/mol. The number of carbonyl (C=O) groups excluding carboxylic acids is 4. The van der Waals surface area contributed by atoms with Crippen molar-refractivity contribution >= 4 is 35.5 Å². The van der Waals surface area contributed by atoms with E-state index in [-0.39, 0.29) is 17.0 Å². The molecule has 0 aliphatic carbocycles. The van der Waals surface area contributed by atoms with E-state index in [1.165, 1.54) is 13.2 Å². The van der Waals surface area contributed by atoms with Crippen LogP contribution < -0.4 is 4.90 Å². The monoisotopic (exact) mass is 479 g/mol. The number of hydrogen-bond donors (Lipinski definition) is 0. The highest BCUT2D eigenvalue weighted by atomic mass is 16.5. The molecular formula is C28H21N3O5. The Morgan fingerprint density at radius 3 is 2.28 bits per heavy atom. The first-order chi connectivity index (χ1) is 17.5. The lowest BCUT2D eigenvalue weighted by molar-refractivity contribution is -0.124. The molecule has 8 heteroatoms. The largest absolute Gasteiger partial charge is 0.465 e. The van der Waals surface area contributed by atoms with Crippen LogP contribution in [-0.4, -0.2) is 47.9 Å². The van der Waals surface area contributed by atoms with Crippen LogP contribution in [0.15, 0.2) is 84.0 Å². The van der Waals surface area contributed by atoms with Crippen molar-refractivity contribution in [3.8, 4) is 0 Å². The summed E-state index contributed by atoms with van der Waals surface area (Å²) in [6, 6.07) is 21.0. The molecule has 3 heterocycles. The highest BCUT2D eigenvalue weighted by molar-refractivity contribution is 6.26. The van der Waals surface area contributed by atoms with Crippen molar-refractivity contribution in [2.45, 2.75) is 12.1 Å². The van der Waals surface area contributed by atoms with Gasteiger partial charge in [0.25, 0.3) is 0 Å². The van der Waals surface area contributed by atoms with Gasteiger partial charge in [0.2, 0.25) is 11.8 Å².